The van der Waals surface area contributed by atoms with Crippen molar-refractivity contribution in [1.29, 1.82) is 0 Å². The summed E-state index contributed by atoms with van der Waals surface area (Å²) < 4.78 is 19.4. The van der Waals surface area contributed by atoms with E-state index in [1.807, 2.05) is 0 Å². The molecule has 0 atom stereocenters. The van der Waals surface area contributed by atoms with Gasteiger partial charge in [-0.2, -0.15) is 0 Å². The fourth-order valence-electron chi connectivity index (χ4n) is 0. The fourth-order valence-corrected chi connectivity index (χ4v) is 0. The third kappa shape index (κ3) is 819. The van der Waals surface area contributed by atoms with Crippen LogP contribution in [0.25, 0.3) is 0 Å². The Balaban J connectivity index is 0. The van der Waals surface area contributed by atoms with Crippen molar-refractivity contribution in [2.24, 2.45) is 0 Å². The SMILES string of the molecule is O=C(F)F.[Rh]. The van der Waals surface area contributed by atoms with E-state index in [4.69, 9.17) is 4.79 Å². The first kappa shape index (κ1) is 8.94. The Kier molecular flexibility index (Phi) is 7.43. The van der Waals surface area contributed by atoms with Crippen molar-refractivity contribution in [1.82, 2.24) is 0 Å². The van der Waals surface area contributed by atoms with Crippen molar-refractivity contribution in [2.75, 3.05) is 0 Å². The molecule has 0 aliphatic heterocycles. The minimum atomic E-state index is -2.83. The summed E-state index contributed by atoms with van der Waals surface area (Å²) in [5, 5.41) is 0. The van der Waals surface area contributed by atoms with Gasteiger partial charge in [0.25, 0.3) is 0 Å². The van der Waals surface area contributed by atoms with Crippen molar-refractivity contribution in [3.05, 3.63) is 0 Å². The Morgan fingerprint density at radius 1 is 1.40 bits per heavy atom. The molecule has 0 aliphatic carbocycles. The van der Waals surface area contributed by atoms with Crippen LogP contribution in [0.4, 0.5) is 13.6 Å². The Labute approximate surface area is 40.1 Å². The van der Waals surface area contributed by atoms with Gasteiger partial charge in [-0.1, -0.05) is 0 Å². The van der Waals surface area contributed by atoms with Crippen molar-refractivity contribution >= 4 is 6.29 Å². The van der Waals surface area contributed by atoms with E-state index < -0.39 is 6.29 Å². The molecule has 4 heteroatoms. The van der Waals surface area contributed by atoms with Gasteiger partial charge < -0.3 is 0 Å². The van der Waals surface area contributed by atoms with Crippen LogP contribution in [0.5, 0.6) is 0 Å². The smallest absolute Gasteiger partial charge is 0.219 e. The Bertz CT molecular complexity index is 32.6. The normalized spacial score (nSPS) is 5.20. The van der Waals surface area contributed by atoms with E-state index in [0.717, 1.165) is 0 Å². The molecule has 0 fully saturated rings. The maximum atomic E-state index is 9.69. The Morgan fingerprint density at radius 2 is 1.40 bits per heavy atom. The molecule has 5 heavy (non-hydrogen) atoms. The van der Waals surface area contributed by atoms with Crippen LogP contribution >= 0.6 is 0 Å². The molecule has 0 aromatic heterocycles. The molecule has 0 bridgehead atoms. The summed E-state index contributed by atoms with van der Waals surface area (Å²) in [7, 11) is 0. The van der Waals surface area contributed by atoms with E-state index in [0.29, 0.717) is 0 Å². The minimum Gasteiger partial charge on any atom is -0.219 e. The quantitative estimate of drug-likeness (QED) is 0.391. The summed E-state index contributed by atoms with van der Waals surface area (Å²) in [4.78, 5) is 8.11. The van der Waals surface area contributed by atoms with Gasteiger partial charge in [0.2, 0.25) is 0 Å². The molecule has 0 saturated carbocycles. The Morgan fingerprint density at radius 3 is 1.40 bits per heavy atom. The number of halogens is 2. The topological polar surface area (TPSA) is 17.1 Å². The van der Waals surface area contributed by atoms with Crippen molar-refractivity contribution < 1.29 is 33.1 Å². The maximum absolute atomic E-state index is 9.69. The van der Waals surface area contributed by atoms with Crippen molar-refractivity contribution in [2.45, 2.75) is 0 Å². The predicted octanol–water partition coefficient (Wildman–Crippen LogP) is 1.04. The molecule has 0 unspecified atom stereocenters. The molecule has 1 radical (unpaired) electrons. The molecule has 0 saturated heterocycles. The molecule has 33 valence electrons. The van der Waals surface area contributed by atoms with E-state index in [2.05, 4.69) is 0 Å². The minimum absolute atomic E-state index is 0. The van der Waals surface area contributed by atoms with Gasteiger partial charge in [0, 0.05) is 19.5 Å². The van der Waals surface area contributed by atoms with Gasteiger partial charge in [-0.15, -0.1) is 8.78 Å². The second-order valence-electron chi connectivity index (χ2n) is 0.226. The first-order chi connectivity index (χ1) is 1.73. The molecule has 0 N–H and O–H groups in total. The summed E-state index contributed by atoms with van der Waals surface area (Å²) in [6, 6.07) is 0. The number of carbonyl (C=O) groups excluding carboxylic acids is 1. The van der Waals surface area contributed by atoms with Gasteiger partial charge in [0.15, 0.2) is 0 Å². The van der Waals surface area contributed by atoms with Crippen LogP contribution in [-0.4, -0.2) is 6.29 Å². The Hall–Kier alpha value is 0.153. The molecule has 0 aliphatic rings. The van der Waals surface area contributed by atoms with Crippen LogP contribution < -0.4 is 0 Å². The maximum Gasteiger partial charge on any atom is 0.483 e. The van der Waals surface area contributed by atoms with Gasteiger partial charge >= 0.3 is 6.29 Å². The van der Waals surface area contributed by atoms with Crippen LogP contribution in [0, 0.1) is 0 Å². The monoisotopic (exact) mass is 169 g/mol. The molecular formula is CF2ORh. The molecule has 1 nitrogen and oxygen atoms in total. The number of carbonyl (C=O) groups is 1. The summed E-state index contributed by atoms with van der Waals surface area (Å²) in [5.74, 6) is 0. The van der Waals surface area contributed by atoms with Crippen LogP contribution in [0.3, 0.4) is 0 Å². The molecular weight excluding hydrogens is 169 g/mol. The average Bonchev–Trinajstić information content (AvgIpc) is 0.811. The van der Waals surface area contributed by atoms with Gasteiger partial charge in [0.1, 0.15) is 0 Å². The molecule has 0 amide bonds. The molecule has 0 aromatic rings. The first-order valence-electron chi connectivity index (χ1n) is 0.582. The van der Waals surface area contributed by atoms with E-state index >= 15 is 0 Å². The summed E-state index contributed by atoms with van der Waals surface area (Å²) >= 11 is 0. The summed E-state index contributed by atoms with van der Waals surface area (Å²) in [6.45, 7) is 0. The largest absolute Gasteiger partial charge is 0.483 e. The third-order valence-corrected chi connectivity index (χ3v) is 0. The number of rotatable bonds is 0. The second kappa shape index (κ2) is 4.15. The fraction of sp³-hybridized carbons (Fsp3) is 0. The van der Waals surface area contributed by atoms with Gasteiger partial charge in [-0.25, -0.2) is 4.79 Å². The van der Waals surface area contributed by atoms with Gasteiger partial charge in [0.05, 0.1) is 0 Å². The average molecular weight is 169 g/mol. The summed E-state index contributed by atoms with van der Waals surface area (Å²) in [6.07, 6.45) is -2.83. The van der Waals surface area contributed by atoms with E-state index in [1.165, 1.54) is 0 Å². The third-order valence-electron chi connectivity index (χ3n) is 0. The standard InChI is InChI=1S/CF2O.Rh/c2-1(3)4;. The molecule has 0 aromatic carbocycles. The van der Waals surface area contributed by atoms with Crippen LogP contribution in [0.15, 0.2) is 0 Å². The summed E-state index contributed by atoms with van der Waals surface area (Å²) in [5.41, 5.74) is 0. The second-order valence-corrected chi connectivity index (χ2v) is 0.226. The molecule has 0 heterocycles. The predicted molar refractivity (Wildman–Crippen MR) is 7.61 cm³/mol. The van der Waals surface area contributed by atoms with Gasteiger partial charge in [-0.05, 0) is 0 Å². The number of hydrogen-bond donors (Lipinski definition) is 0. The van der Waals surface area contributed by atoms with Crippen molar-refractivity contribution in [3.8, 4) is 0 Å². The first-order valence-corrected chi connectivity index (χ1v) is 0.582. The van der Waals surface area contributed by atoms with Crippen LogP contribution in [0.1, 0.15) is 0 Å². The zero-order valence-corrected chi connectivity index (χ0v) is 3.64. The zero-order valence-electron chi connectivity index (χ0n) is 2.00. The molecule has 0 spiro atoms. The van der Waals surface area contributed by atoms with E-state index in [1.54, 1.807) is 0 Å². The van der Waals surface area contributed by atoms with Crippen LogP contribution in [0.2, 0.25) is 0 Å². The van der Waals surface area contributed by atoms with Crippen molar-refractivity contribution in [3.63, 3.8) is 0 Å². The van der Waals surface area contributed by atoms with E-state index in [-0.39, 0.29) is 19.5 Å². The van der Waals surface area contributed by atoms with Crippen LogP contribution in [-0.2, 0) is 19.5 Å². The zero-order chi connectivity index (χ0) is 3.58. The molecule has 0 rings (SSSR count). The van der Waals surface area contributed by atoms with Gasteiger partial charge in [-0.3, -0.25) is 0 Å². The number of hydrogen-bond acceptors (Lipinski definition) is 1. The van der Waals surface area contributed by atoms with E-state index in [9.17, 15) is 8.78 Å².